The summed E-state index contributed by atoms with van der Waals surface area (Å²) in [5.41, 5.74) is 4.89. The highest BCUT2D eigenvalue weighted by atomic mass is 19.1. The van der Waals surface area contributed by atoms with Crippen LogP contribution in [0.5, 0.6) is 0 Å². The van der Waals surface area contributed by atoms with Crippen LogP contribution in [0.1, 0.15) is 28.4 Å². The number of rotatable bonds is 8. The molecule has 3 N–H and O–H groups in total. The summed E-state index contributed by atoms with van der Waals surface area (Å²) < 4.78 is 15.6. The van der Waals surface area contributed by atoms with Gasteiger partial charge < -0.3 is 25.4 Å². The third-order valence-electron chi connectivity index (χ3n) is 7.52. The first-order valence-electron chi connectivity index (χ1n) is 13.7. The molecular formula is C30H32FN9O. The minimum atomic E-state index is -0.629. The number of carbonyl (C=O) groups excluding carboxylic acids is 1. The van der Waals surface area contributed by atoms with Crippen molar-refractivity contribution in [3.05, 3.63) is 84.1 Å². The Labute approximate surface area is 237 Å². The second-order valence-corrected chi connectivity index (χ2v) is 10.1. The van der Waals surface area contributed by atoms with E-state index in [0.29, 0.717) is 28.6 Å². The van der Waals surface area contributed by atoms with E-state index >= 15 is 0 Å². The van der Waals surface area contributed by atoms with Gasteiger partial charge in [-0.15, -0.1) is 0 Å². The van der Waals surface area contributed by atoms with Crippen molar-refractivity contribution in [2.75, 3.05) is 48.3 Å². The molecule has 0 unspecified atom stereocenters. The van der Waals surface area contributed by atoms with Crippen molar-refractivity contribution in [1.29, 1.82) is 0 Å². The van der Waals surface area contributed by atoms with Crippen LogP contribution in [-0.2, 0) is 6.67 Å². The minimum absolute atomic E-state index is 0.291. The Hall–Kier alpha value is -4.77. The molecule has 0 bridgehead atoms. The van der Waals surface area contributed by atoms with Crippen LogP contribution in [0, 0.1) is 6.92 Å². The van der Waals surface area contributed by atoms with Gasteiger partial charge in [0.1, 0.15) is 18.6 Å². The zero-order chi connectivity index (χ0) is 28.3. The fourth-order valence-electron chi connectivity index (χ4n) is 5.16. The first-order chi connectivity index (χ1) is 20.0. The summed E-state index contributed by atoms with van der Waals surface area (Å²) in [7, 11) is 0. The summed E-state index contributed by atoms with van der Waals surface area (Å²) in [5, 5.41) is 7.24. The Morgan fingerprint density at radius 2 is 1.90 bits per heavy atom. The van der Waals surface area contributed by atoms with Gasteiger partial charge in [-0.2, -0.15) is 0 Å². The van der Waals surface area contributed by atoms with Crippen LogP contribution < -0.4 is 15.5 Å². The number of piperazine rings is 1. The number of H-pyrrole nitrogens is 1. The number of benzene rings is 2. The smallest absolute Gasteiger partial charge is 0.255 e. The number of fused-ring (bicyclic) bond motifs is 1. The normalized spacial score (nSPS) is 14.0. The zero-order valence-corrected chi connectivity index (χ0v) is 23.1. The van der Waals surface area contributed by atoms with Gasteiger partial charge in [0.2, 0.25) is 5.95 Å². The molecule has 1 saturated heterocycles. The highest BCUT2D eigenvalue weighted by Gasteiger charge is 2.19. The molecular weight excluding hydrogens is 521 g/mol. The van der Waals surface area contributed by atoms with Crippen molar-refractivity contribution >= 4 is 40.0 Å². The number of hydrogen-bond acceptors (Lipinski definition) is 7. The number of aromatic amines is 1. The van der Waals surface area contributed by atoms with E-state index in [2.05, 4.69) is 47.3 Å². The number of hydrogen-bond donors (Lipinski definition) is 3. The summed E-state index contributed by atoms with van der Waals surface area (Å²) in [5.74, 6) is 0.972. The second-order valence-electron chi connectivity index (χ2n) is 10.1. The molecule has 11 heteroatoms. The van der Waals surface area contributed by atoms with Gasteiger partial charge in [-0.25, -0.2) is 19.3 Å². The summed E-state index contributed by atoms with van der Waals surface area (Å²) in [6, 6.07) is 12.9. The summed E-state index contributed by atoms with van der Waals surface area (Å²) in [6.45, 7) is 8.10. The molecule has 6 rings (SSSR count). The first-order valence-corrected chi connectivity index (χ1v) is 13.7. The van der Waals surface area contributed by atoms with Crippen LogP contribution in [0.3, 0.4) is 0 Å². The predicted octanol–water partition coefficient (Wildman–Crippen LogP) is 5.06. The standard InChI is InChI=1S/C30H32FN9O/c1-3-38-10-12-39(13-11-38)24-15-21(18-31)14-22(16-24)29(41)36-23-5-4-20(2)26(17-23)37-30-33-8-9-40(30)28-25-6-7-32-27(25)34-19-35-28/h4-9,14-17,19H,3,10-13,18H2,1-2H3,(H,33,37)(H,36,41)(H,32,34,35). The number of halogens is 1. The number of likely N-dealkylation sites (N-methyl/N-ethyl adjacent to an activating group) is 1. The lowest BCUT2D eigenvalue weighted by atomic mass is 10.1. The fourth-order valence-corrected chi connectivity index (χ4v) is 5.16. The number of anilines is 4. The number of nitrogens with zero attached hydrogens (tertiary/aromatic N) is 6. The first kappa shape index (κ1) is 26.5. The molecule has 210 valence electrons. The molecule has 5 aromatic rings. The van der Waals surface area contributed by atoms with Gasteiger partial charge in [0.25, 0.3) is 5.91 Å². The van der Waals surface area contributed by atoms with Gasteiger partial charge in [0, 0.05) is 67.4 Å². The molecule has 0 atom stereocenters. The van der Waals surface area contributed by atoms with Crippen molar-refractivity contribution in [3.8, 4) is 5.82 Å². The molecule has 1 aliphatic heterocycles. The summed E-state index contributed by atoms with van der Waals surface area (Å²) in [6.07, 6.45) is 6.85. The highest BCUT2D eigenvalue weighted by Crippen LogP contribution is 2.28. The Kier molecular flexibility index (Phi) is 7.34. The summed E-state index contributed by atoms with van der Waals surface area (Å²) in [4.78, 5) is 34.3. The molecule has 4 heterocycles. The minimum Gasteiger partial charge on any atom is -0.369 e. The van der Waals surface area contributed by atoms with Gasteiger partial charge in [-0.05, 0) is 61.0 Å². The third-order valence-corrected chi connectivity index (χ3v) is 7.52. The number of amides is 1. The Morgan fingerprint density at radius 1 is 1.05 bits per heavy atom. The molecule has 1 amide bonds. The second kappa shape index (κ2) is 11.4. The van der Waals surface area contributed by atoms with Crippen molar-refractivity contribution < 1.29 is 9.18 Å². The average Bonchev–Trinajstić information content (AvgIpc) is 3.68. The molecule has 1 aliphatic rings. The van der Waals surface area contributed by atoms with E-state index in [0.717, 1.165) is 60.7 Å². The average molecular weight is 554 g/mol. The molecule has 0 radical (unpaired) electrons. The Morgan fingerprint density at radius 3 is 2.71 bits per heavy atom. The summed E-state index contributed by atoms with van der Waals surface area (Å²) >= 11 is 0. The molecule has 3 aromatic heterocycles. The number of imidazole rings is 1. The monoisotopic (exact) mass is 553 g/mol. The van der Waals surface area contributed by atoms with E-state index in [1.807, 2.05) is 60.3 Å². The number of aryl methyl sites for hydroxylation is 1. The van der Waals surface area contributed by atoms with Crippen LogP contribution in [0.4, 0.5) is 27.4 Å². The molecule has 10 nitrogen and oxygen atoms in total. The van der Waals surface area contributed by atoms with Gasteiger partial charge in [0.05, 0.1) is 5.39 Å². The lowest BCUT2D eigenvalue weighted by Gasteiger charge is -2.35. The SMILES string of the molecule is CCN1CCN(c2cc(CF)cc(C(=O)Nc3ccc(C)c(Nc4nccn4-c4ncnc5[nH]ccc45)c3)c2)CC1. The quantitative estimate of drug-likeness (QED) is 0.247. The lowest BCUT2D eigenvalue weighted by molar-refractivity contribution is 0.102. The maximum atomic E-state index is 13.8. The number of carbonyl (C=O) groups is 1. The third kappa shape index (κ3) is 5.48. The van der Waals surface area contributed by atoms with E-state index in [1.165, 1.54) is 6.33 Å². The number of aromatic nitrogens is 5. The largest absolute Gasteiger partial charge is 0.369 e. The topological polar surface area (TPSA) is 107 Å². The lowest BCUT2D eigenvalue weighted by Crippen LogP contribution is -2.46. The number of alkyl halides is 1. The van der Waals surface area contributed by atoms with Gasteiger partial charge in [-0.3, -0.25) is 9.36 Å². The van der Waals surface area contributed by atoms with E-state index in [1.54, 1.807) is 12.3 Å². The zero-order valence-electron chi connectivity index (χ0n) is 23.1. The van der Waals surface area contributed by atoms with Gasteiger partial charge >= 0.3 is 0 Å². The maximum Gasteiger partial charge on any atom is 0.255 e. The van der Waals surface area contributed by atoms with E-state index in [4.69, 9.17) is 0 Å². The molecule has 0 saturated carbocycles. The fraction of sp³-hybridized carbons (Fsp3) is 0.267. The van der Waals surface area contributed by atoms with Crippen molar-refractivity contribution in [2.24, 2.45) is 0 Å². The molecule has 1 fully saturated rings. The van der Waals surface area contributed by atoms with Crippen LogP contribution in [0.2, 0.25) is 0 Å². The Bertz CT molecular complexity index is 1690. The molecule has 41 heavy (non-hydrogen) atoms. The van der Waals surface area contributed by atoms with Crippen molar-refractivity contribution in [1.82, 2.24) is 29.4 Å². The number of nitrogens with one attached hydrogen (secondary N) is 3. The van der Waals surface area contributed by atoms with Crippen molar-refractivity contribution in [3.63, 3.8) is 0 Å². The van der Waals surface area contributed by atoms with Crippen LogP contribution in [0.15, 0.2) is 67.4 Å². The van der Waals surface area contributed by atoms with E-state index < -0.39 is 6.67 Å². The van der Waals surface area contributed by atoms with Crippen LogP contribution in [0.25, 0.3) is 16.9 Å². The van der Waals surface area contributed by atoms with E-state index in [-0.39, 0.29) is 5.91 Å². The molecule has 0 spiro atoms. The Balaban J connectivity index is 1.22. The molecule has 0 aliphatic carbocycles. The maximum absolute atomic E-state index is 13.8. The van der Waals surface area contributed by atoms with Crippen LogP contribution in [-0.4, -0.2) is 68.0 Å². The van der Waals surface area contributed by atoms with Crippen molar-refractivity contribution in [2.45, 2.75) is 20.5 Å². The van der Waals surface area contributed by atoms with E-state index in [9.17, 15) is 9.18 Å². The van der Waals surface area contributed by atoms with Gasteiger partial charge in [0.15, 0.2) is 5.82 Å². The van der Waals surface area contributed by atoms with Crippen LogP contribution >= 0.6 is 0 Å². The predicted molar refractivity (Wildman–Crippen MR) is 159 cm³/mol. The highest BCUT2D eigenvalue weighted by molar-refractivity contribution is 6.05. The van der Waals surface area contributed by atoms with Gasteiger partial charge in [-0.1, -0.05) is 13.0 Å². The molecule has 2 aromatic carbocycles.